The van der Waals surface area contributed by atoms with Gasteiger partial charge in [-0.1, -0.05) is 36.7 Å². The molecule has 0 aliphatic carbocycles. The highest BCUT2D eigenvalue weighted by molar-refractivity contribution is 6.31. The molecule has 1 aromatic heterocycles. The molecule has 0 aliphatic heterocycles. The number of para-hydroxylation sites is 1. The molecule has 100 valence electrons. The van der Waals surface area contributed by atoms with Crippen molar-refractivity contribution in [2.24, 2.45) is 0 Å². The first-order valence-corrected chi connectivity index (χ1v) is 6.85. The summed E-state index contributed by atoms with van der Waals surface area (Å²) in [6.45, 7) is 1.99. The third-order valence-corrected chi connectivity index (χ3v) is 3.52. The summed E-state index contributed by atoms with van der Waals surface area (Å²) in [7, 11) is 0. The Morgan fingerprint density at radius 1 is 1.15 bits per heavy atom. The first kappa shape index (κ1) is 12.9. The van der Waals surface area contributed by atoms with Gasteiger partial charge in [-0.2, -0.15) is 4.98 Å². The van der Waals surface area contributed by atoms with Crippen LogP contribution in [0.15, 0.2) is 53.3 Å². The van der Waals surface area contributed by atoms with Crippen molar-refractivity contribution in [1.82, 2.24) is 9.55 Å². The van der Waals surface area contributed by atoms with Gasteiger partial charge in [-0.15, -0.1) is 0 Å². The number of hydrogen-bond donors (Lipinski definition) is 0. The Hall–Kier alpha value is -2.13. The second-order valence-electron chi connectivity index (χ2n) is 4.53. The maximum atomic E-state index is 12.3. The van der Waals surface area contributed by atoms with E-state index in [0.29, 0.717) is 11.4 Å². The van der Waals surface area contributed by atoms with E-state index in [1.165, 1.54) is 0 Å². The predicted molar refractivity (Wildman–Crippen MR) is 81.7 cm³/mol. The van der Waals surface area contributed by atoms with Gasteiger partial charge in [0.2, 0.25) is 0 Å². The van der Waals surface area contributed by atoms with E-state index in [0.717, 1.165) is 22.3 Å². The zero-order chi connectivity index (χ0) is 14.1. The number of benzene rings is 2. The van der Waals surface area contributed by atoms with Crippen molar-refractivity contribution in [2.45, 2.75) is 13.3 Å². The van der Waals surface area contributed by atoms with Crippen LogP contribution in [-0.2, 0) is 6.42 Å². The van der Waals surface area contributed by atoms with Crippen molar-refractivity contribution in [2.75, 3.05) is 0 Å². The minimum atomic E-state index is -0.275. The molecule has 0 bridgehead atoms. The zero-order valence-corrected chi connectivity index (χ0v) is 11.8. The number of nitrogens with zero attached hydrogens (tertiary/aromatic N) is 2. The van der Waals surface area contributed by atoms with Crippen LogP contribution in [0.25, 0.3) is 16.6 Å². The molecular weight excluding hydrogens is 272 g/mol. The molecule has 0 atom stereocenters. The molecule has 4 heteroatoms. The molecule has 3 nitrogen and oxygen atoms in total. The van der Waals surface area contributed by atoms with E-state index in [-0.39, 0.29) is 5.69 Å². The third kappa shape index (κ3) is 2.10. The maximum absolute atomic E-state index is 12.3. The number of aromatic nitrogens is 2. The van der Waals surface area contributed by atoms with Crippen LogP contribution in [0.1, 0.15) is 12.6 Å². The number of aryl methyl sites for hydroxylation is 1. The van der Waals surface area contributed by atoms with Crippen molar-refractivity contribution >= 4 is 22.5 Å². The van der Waals surface area contributed by atoms with Gasteiger partial charge in [0, 0.05) is 10.4 Å². The number of rotatable bonds is 2. The lowest BCUT2D eigenvalue weighted by Gasteiger charge is -2.12. The Kier molecular flexibility index (Phi) is 3.28. The third-order valence-electron chi connectivity index (χ3n) is 3.28. The summed E-state index contributed by atoms with van der Waals surface area (Å²) >= 11 is 6.09. The second-order valence-corrected chi connectivity index (χ2v) is 4.96. The van der Waals surface area contributed by atoms with E-state index >= 15 is 0 Å². The Balaban J connectivity index is 2.46. The minimum absolute atomic E-state index is 0.275. The van der Waals surface area contributed by atoms with Crippen molar-refractivity contribution < 1.29 is 0 Å². The summed E-state index contributed by atoms with van der Waals surface area (Å²) in [5.74, 6) is 0. The largest absolute Gasteiger partial charge is 0.352 e. The van der Waals surface area contributed by atoms with Crippen LogP contribution in [-0.4, -0.2) is 9.55 Å². The van der Waals surface area contributed by atoms with Crippen LogP contribution in [0.3, 0.4) is 0 Å². The Bertz CT molecular complexity index is 825. The molecule has 0 fully saturated rings. The maximum Gasteiger partial charge on any atom is 0.352 e. The fraction of sp³-hybridized carbons (Fsp3) is 0.125. The van der Waals surface area contributed by atoms with Crippen LogP contribution < -0.4 is 5.69 Å². The minimum Gasteiger partial charge on any atom is -0.260 e. The highest BCUT2D eigenvalue weighted by atomic mass is 35.5. The molecule has 0 saturated heterocycles. The Labute approximate surface area is 121 Å². The van der Waals surface area contributed by atoms with Gasteiger partial charge in [0.25, 0.3) is 0 Å². The van der Waals surface area contributed by atoms with Crippen LogP contribution in [0, 0.1) is 0 Å². The van der Waals surface area contributed by atoms with Crippen molar-refractivity contribution in [3.63, 3.8) is 0 Å². The van der Waals surface area contributed by atoms with E-state index in [4.69, 9.17) is 11.6 Å². The van der Waals surface area contributed by atoms with Crippen LogP contribution in [0.4, 0.5) is 0 Å². The summed E-state index contributed by atoms with van der Waals surface area (Å²) < 4.78 is 1.60. The van der Waals surface area contributed by atoms with Gasteiger partial charge >= 0.3 is 5.69 Å². The first-order chi connectivity index (χ1) is 9.70. The van der Waals surface area contributed by atoms with E-state index in [1.54, 1.807) is 4.57 Å². The molecule has 1 heterocycles. The predicted octanol–water partition coefficient (Wildman–Crippen LogP) is 3.60. The average Bonchev–Trinajstić information content (AvgIpc) is 2.47. The van der Waals surface area contributed by atoms with Crippen molar-refractivity contribution in [3.8, 4) is 5.69 Å². The Morgan fingerprint density at radius 2 is 1.90 bits per heavy atom. The van der Waals surface area contributed by atoms with Gasteiger partial charge in [-0.05, 0) is 36.8 Å². The standard InChI is InChI=1S/C16H13ClN2O/c1-2-14-13-9-8-11(17)10-15(13)19(16(20)18-14)12-6-4-3-5-7-12/h3-10H,2H2,1H3. The summed E-state index contributed by atoms with van der Waals surface area (Å²) in [5.41, 5.74) is 2.11. The smallest absolute Gasteiger partial charge is 0.260 e. The lowest BCUT2D eigenvalue weighted by molar-refractivity contribution is 0.910. The number of hydrogen-bond acceptors (Lipinski definition) is 2. The summed E-state index contributed by atoms with van der Waals surface area (Å²) in [4.78, 5) is 16.5. The van der Waals surface area contributed by atoms with Crippen molar-refractivity contribution in [3.05, 3.63) is 69.7 Å². The highest BCUT2D eigenvalue weighted by Crippen LogP contribution is 2.22. The topological polar surface area (TPSA) is 34.9 Å². The summed E-state index contributed by atoms with van der Waals surface area (Å²) in [5, 5.41) is 1.56. The Morgan fingerprint density at radius 3 is 2.60 bits per heavy atom. The van der Waals surface area contributed by atoms with Crippen LogP contribution >= 0.6 is 11.6 Å². The molecular formula is C16H13ClN2O. The normalized spacial score (nSPS) is 10.9. The molecule has 3 rings (SSSR count). The van der Waals surface area contributed by atoms with Crippen molar-refractivity contribution in [1.29, 1.82) is 0 Å². The van der Waals surface area contributed by atoms with Gasteiger partial charge in [0.1, 0.15) is 0 Å². The average molecular weight is 285 g/mol. The first-order valence-electron chi connectivity index (χ1n) is 6.47. The van der Waals surface area contributed by atoms with E-state index in [2.05, 4.69) is 4.98 Å². The lowest BCUT2D eigenvalue weighted by atomic mass is 10.1. The van der Waals surface area contributed by atoms with Crippen LogP contribution in [0.2, 0.25) is 5.02 Å². The zero-order valence-electron chi connectivity index (χ0n) is 11.0. The van der Waals surface area contributed by atoms with Gasteiger partial charge < -0.3 is 0 Å². The highest BCUT2D eigenvalue weighted by Gasteiger charge is 2.11. The molecule has 3 aromatic rings. The van der Waals surface area contributed by atoms with E-state index in [9.17, 15) is 4.79 Å². The monoisotopic (exact) mass is 284 g/mol. The second kappa shape index (κ2) is 5.10. The van der Waals surface area contributed by atoms with Gasteiger partial charge in [-0.3, -0.25) is 4.57 Å². The molecule has 2 aromatic carbocycles. The number of fused-ring (bicyclic) bond motifs is 1. The van der Waals surface area contributed by atoms with Gasteiger partial charge in [0.05, 0.1) is 16.9 Å². The van der Waals surface area contributed by atoms with Gasteiger partial charge in [-0.25, -0.2) is 4.79 Å². The molecule has 0 saturated carbocycles. The molecule has 0 aliphatic rings. The summed E-state index contributed by atoms with van der Waals surface area (Å²) in [6.07, 6.45) is 0.711. The molecule has 20 heavy (non-hydrogen) atoms. The molecule has 0 amide bonds. The fourth-order valence-corrected chi connectivity index (χ4v) is 2.52. The van der Waals surface area contributed by atoms with E-state index in [1.807, 2.05) is 55.5 Å². The SMILES string of the molecule is CCc1nc(=O)n(-c2ccccc2)c2cc(Cl)ccc12. The lowest BCUT2D eigenvalue weighted by Crippen LogP contribution is -2.23. The molecule has 0 N–H and O–H groups in total. The van der Waals surface area contributed by atoms with Gasteiger partial charge in [0.15, 0.2) is 0 Å². The van der Waals surface area contributed by atoms with E-state index < -0.39 is 0 Å². The molecule has 0 unspecified atom stereocenters. The molecule has 0 radical (unpaired) electrons. The van der Waals surface area contributed by atoms with Crippen LogP contribution in [0.5, 0.6) is 0 Å². The number of halogens is 1. The fourth-order valence-electron chi connectivity index (χ4n) is 2.36. The molecule has 0 spiro atoms. The summed E-state index contributed by atoms with van der Waals surface area (Å²) in [6, 6.07) is 15.0. The quantitative estimate of drug-likeness (QED) is 0.721.